The number of aromatic nitrogens is 1. The van der Waals surface area contributed by atoms with Crippen molar-refractivity contribution >= 4 is 23.6 Å². The zero-order valence-electron chi connectivity index (χ0n) is 29.1. The second kappa shape index (κ2) is 16.6. The van der Waals surface area contributed by atoms with Crippen molar-refractivity contribution in [3.63, 3.8) is 0 Å². The number of rotatable bonds is 11. The van der Waals surface area contributed by atoms with Crippen molar-refractivity contribution < 1.29 is 41.8 Å². The van der Waals surface area contributed by atoms with Crippen LogP contribution in [0.3, 0.4) is 0 Å². The molecule has 0 unspecified atom stereocenters. The Balaban J connectivity index is 1.05. The first-order valence-electron chi connectivity index (χ1n) is 17.7. The van der Waals surface area contributed by atoms with E-state index in [4.69, 9.17) is 18.9 Å². The molecule has 2 aliphatic heterocycles. The molecule has 2 aliphatic rings. The molecule has 0 spiro atoms. The van der Waals surface area contributed by atoms with Gasteiger partial charge in [-0.05, 0) is 29.5 Å². The number of hydrogen-bond donors (Lipinski definition) is 2. The van der Waals surface area contributed by atoms with Gasteiger partial charge in [-0.1, -0.05) is 121 Å². The van der Waals surface area contributed by atoms with Crippen LogP contribution in [0.15, 0.2) is 119 Å². The molecule has 7 rings (SSSR count). The number of oxazole rings is 1. The van der Waals surface area contributed by atoms with Gasteiger partial charge in [0.05, 0.1) is 18.8 Å². The van der Waals surface area contributed by atoms with E-state index in [0.717, 1.165) is 33.5 Å². The summed E-state index contributed by atoms with van der Waals surface area (Å²) in [5.74, 6) is -1.41. The highest BCUT2D eigenvalue weighted by Crippen LogP contribution is 2.41. The Morgan fingerprint density at radius 3 is 2.17 bits per heavy atom. The van der Waals surface area contributed by atoms with Crippen LogP contribution in [0, 0.1) is 0 Å². The molecule has 5 aromatic rings. The van der Waals surface area contributed by atoms with Gasteiger partial charge >= 0.3 is 12.1 Å². The number of thioether (sulfide) groups is 1. The minimum absolute atomic E-state index is 0.0692. The van der Waals surface area contributed by atoms with Crippen molar-refractivity contribution in [2.24, 2.45) is 0 Å². The van der Waals surface area contributed by atoms with E-state index in [-0.39, 0.29) is 38.3 Å². The molecule has 13 heteroatoms. The van der Waals surface area contributed by atoms with Crippen LogP contribution in [-0.2, 0) is 32.2 Å². The van der Waals surface area contributed by atoms with Gasteiger partial charge in [-0.3, -0.25) is 9.59 Å². The number of alkyl halides is 3. The lowest BCUT2D eigenvalue weighted by molar-refractivity contribution is -0.245. The van der Waals surface area contributed by atoms with Gasteiger partial charge < -0.3 is 29.2 Å². The van der Waals surface area contributed by atoms with Gasteiger partial charge in [-0.25, -0.2) is 4.98 Å². The van der Waals surface area contributed by atoms with E-state index >= 15 is 0 Å². The van der Waals surface area contributed by atoms with E-state index in [0.29, 0.717) is 40.0 Å². The van der Waals surface area contributed by atoms with E-state index < -0.39 is 30.3 Å². The maximum absolute atomic E-state index is 13.0. The highest BCUT2D eigenvalue weighted by atomic mass is 32.2. The standard InChI is InChI=1S/C41H38F3N3O6S/c42-41(43,44)39(50)47-21-7-12-33(47)37(49)45-23-26-13-19-31(20-14-26)38-51-32(22-34(52-38)28-17-15-27(24-48)16-18-28)25-54-40-46-35(29-8-3-1-4-9-29)36(53-40)30-10-5-2-6-11-30/h1-6,8-11,13-20,32-34,38,48H,7,12,21-25H2,(H,45,49)/t32-,33-,34+,38+/m0/s1. The number of likely N-dealkylation sites (tertiary alicyclic amines) is 1. The summed E-state index contributed by atoms with van der Waals surface area (Å²) in [4.78, 5) is 30.1. The largest absolute Gasteiger partial charge is 0.471 e. The van der Waals surface area contributed by atoms with E-state index in [9.17, 15) is 27.9 Å². The number of benzene rings is 4. The average Bonchev–Trinajstić information content (AvgIpc) is 3.88. The zero-order valence-corrected chi connectivity index (χ0v) is 29.9. The highest BCUT2D eigenvalue weighted by molar-refractivity contribution is 7.99. The van der Waals surface area contributed by atoms with Crippen molar-refractivity contribution in [1.29, 1.82) is 0 Å². The number of aliphatic hydroxyl groups excluding tert-OH is 1. The molecule has 9 nitrogen and oxygen atoms in total. The first-order chi connectivity index (χ1) is 26.2. The number of carbonyl (C=O) groups is 2. The number of ether oxygens (including phenoxy) is 2. The predicted octanol–water partition coefficient (Wildman–Crippen LogP) is 8.01. The molecule has 1 aromatic heterocycles. The molecule has 4 atom stereocenters. The molecule has 2 saturated heterocycles. The molecule has 0 bridgehead atoms. The van der Waals surface area contributed by atoms with Gasteiger partial charge in [0.1, 0.15) is 11.7 Å². The lowest BCUT2D eigenvalue weighted by Gasteiger charge is -2.36. The quantitative estimate of drug-likeness (QED) is 0.130. The summed E-state index contributed by atoms with van der Waals surface area (Å²) < 4.78 is 58.5. The molecular formula is C41H38F3N3O6S. The Morgan fingerprint density at radius 1 is 0.852 bits per heavy atom. The summed E-state index contributed by atoms with van der Waals surface area (Å²) in [7, 11) is 0. The van der Waals surface area contributed by atoms with Gasteiger partial charge in [-0.15, -0.1) is 0 Å². The lowest BCUT2D eigenvalue weighted by Crippen LogP contribution is -2.50. The molecule has 2 amide bonds. The monoisotopic (exact) mass is 757 g/mol. The molecule has 0 radical (unpaired) electrons. The summed E-state index contributed by atoms with van der Waals surface area (Å²) in [5, 5.41) is 12.8. The van der Waals surface area contributed by atoms with Crippen LogP contribution in [0.4, 0.5) is 13.2 Å². The first-order valence-corrected chi connectivity index (χ1v) is 18.6. The van der Waals surface area contributed by atoms with Gasteiger partial charge in [-0.2, -0.15) is 13.2 Å². The van der Waals surface area contributed by atoms with Gasteiger partial charge in [0.15, 0.2) is 12.1 Å². The fourth-order valence-corrected chi connectivity index (χ4v) is 7.51. The smallest absolute Gasteiger partial charge is 0.431 e. The third kappa shape index (κ3) is 8.71. The lowest BCUT2D eigenvalue weighted by atomic mass is 10.0. The van der Waals surface area contributed by atoms with Crippen LogP contribution in [0.5, 0.6) is 0 Å². The molecule has 2 N–H and O–H groups in total. The Labute approximate surface area is 314 Å². The van der Waals surface area contributed by atoms with Crippen LogP contribution in [0.1, 0.15) is 53.9 Å². The number of aliphatic hydroxyl groups is 1. The topological polar surface area (TPSA) is 114 Å². The molecule has 54 heavy (non-hydrogen) atoms. The minimum Gasteiger partial charge on any atom is -0.431 e. The second-order valence-electron chi connectivity index (χ2n) is 13.2. The van der Waals surface area contributed by atoms with E-state index in [1.807, 2.05) is 97.1 Å². The third-order valence-electron chi connectivity index (χ3n) is 9.48. The molecule has 0 aliphatic carbocycles. The molecule has 3 heterocycles. The number of nitrogens with one attached hydrogen (secondary N) is 1. The number of amides is 2. The van der Waals surface area contributed by atoms with Gasteiger partial charge in [0.2, 0.25) is 5.91 Å². The number of carbonyl (C=O) groups excluding carboxylic acids is 2. The van der Waals surface area contributed by atoms with Crippen molar-refractivity contribution in [1.82, 2.24) is 15.2 Å². The summed E-state index contributed by atoms with van der Waals surface area (Å²) in [6.45, 7) is -0.110. The van der Waals surface area contributed by atoms with E-state index in [1.165, 1.54) is 11.8 Å². The van der Waals surface area contributed by atoms with Crippen LogP contribution in [0.25, 0.3) is 22.6 Å². The molecular weight excluding hydrogens is 720 g/mol. The Hall–Kier alpha value is -4.95. The molecule has 280 valence electrons. The van der Waals surface area contributed by atoms with Crippen molar-refractivity contribution in [3.8, 4) is 22.6 Å². The third-order valence-corrected chi connectivity index (χ3v) is 10.4. The van der Waals surface area contributed by atoms with Crippen molar-refractivity contribution in [3.05, 3.63) is 131 Å². The van der Waals surface area contributed by atoms with Gasteiger partial charge in [0, 0.05) is 42.0 Å². The Bertz CT molecular complexity index is 1970. The SMILES string of the molecule is O=C(NCc1ccc([C@@H]2O[C@H](CSc3nc(-c4ccccc4)c(-c4ccccc4)o3)C[C@H](c3ccc(CO)cc3)O2)cc1)[C@@H]1CCCN1C(=O)C(F)(F)F. The fourth-order valence-electron chi connectivity index (χ4n) is 6.67. The first kappa shape index (κ1) is 37.4. The second-order valence-corrected chi connectivity index (χ2v) is 14.1. The van der Waals surface area contributed by atoms with Crippen LogP contribution < -0.4 is 5.32 Å². The maximum Gasteiger partial charge on any atom is 0.471 e. The van der Waals surface area contributed by atoms with E-state index in [1.54, 1.807) is 12.1 Å². The average molecular weight is 758 g/mol. The predicted molar refractivity (Wildman–Crippen MR) is 196 cm³/mol. The normalized spacial score (nSPS) is 20.2. The van der Waals surface area contributed by atoms with Crippen LogP contribution in [-0.4, -0.2) is 57.4 Å². The summed E-state index contributed by atoms with van der Waals surface area (Å²) in [6.07, 6.45) is -5.31. The van der Waals surface area contributed by atoms with Crippen LogP contribution in [0.2, 0.25) is 0 Å². The van der Waals surface area contributed by atoms with E-state index in [2.05, 4.69) is 5.32 Å². The Kier molecular flexibility index (Phi) is 11.5. The fraction of sp³-hybridized carbons (Fsp3) is 0.293. The highest BCUT2D eigenvalue weighted by Gasteiger charge is 2.47. The minimum atomic E-state index is -5.03. The van der Waals surface area contributed by atoms with Crippen LogP contribution >= 0.6 is 11.8 Å². The summed E-state index contributed by atoms with van der Waals surface area (Å²) in [6, 6.07) is 33.4. The molecule has 4 aromatic carbocycles. The molecule has 0 saturated carbocycles. The number of nitrogens with zero attached hydrogens (tertiary/aromatic N) is 2. The number of hydrogen-bond acceptors (Lipinski definition) is 8. The maximum atomic E-state index is 13.0. The number of halogens is 3. The molecule has 2 fully saturated rings. The van der Waals surface area contributed by atoms with Gasteiger partial charge in [0.25, 0.3) is 5.22 Å². The zero-order chi connectivity index (χ0) is 37.7. The Morgan fingerprint density at radius 2 is 1.50 bits per heavy atom. The summed E-state index contributed by atoms with van der Waals surface area (Å²) >= 11 is 1.46. The summed E-state index contributed by atoms with van der Waals surface area (Å²) in [5.41, 5.74) is 5.80. The van der Waals surface area contributed by atoms with Crippen molar-refractivity contribution in [2.75, 3.05) is 12.3 Å². The van der Waals surface area contributed by atoms with Crippen molar-refractivity contribution in [2.45, 2.75) is 68.4 Å².